The topological polar surface area (TPSA) is 38.3 Å². The predicted octanol–water partition coefficient (Wildman–Crippen LogP) is 2.84. The molecule has 3 nitrogen and oxygen atoms in total. The van der Waals surface area contributed by atoms with E-state index >= 15 is 0 Å². The van der Waals surface area contributed by atoms with Gasteiger partial charge in [0.1, 0.15) is 17.2 Å². The van der Waals surface area contributed by atoms with Crippen LogP contribution in [0.2, 0.25) is 0 Å². The van der Waals surface area contributed by atoms with Crippen LogP contribution in [0.1, 0.15) is 26.3 Å². The van der Waals surface area contributed by atoms with Crippen molar-refractivity contribution in [1.29, 1.82) is 0 Å². The van der Waals surface area contributed by atoms with Gasteiger partial charge in [0.25, 0.3) is 0 Å². The number of ether oxygens (including phenoxy) is 1. The molecule has 0 bridgehead atoms. The molecule has 1 amide bonds. The van der Waals surface area contributed by atoms with Gasteiger partial charge in [-0.1, -0.05) is 11.8 Å². The van der Waals surface area contributed by atoms with Gasteiger partial charge in [-0.3, -0.25) is 0 Å². The predicted molar refractivity (Wildman–Crippen MR) is 67.5 cm³/mol. The zero-order valence-corrected chi connectivity index (χ0v) is 11.0. The van der Waals surface area contributed by atoms with Crippen molar-refractivity contribution in [2.24, 2.45) is 0 Å². The highest BCUT2D eigenvalue weighted by Gasteiger charge is 2.14. The van der Waals surface area contributed by atoms with Crippen molar-refractivity contribution in [1.82, 2.24) is 5.32 Å². The number of carbonyl (C=O) groups is 1. The summed E-state index contributed by atoms with van der Waals surface area (Å²) < 4.78 is 30.8. The fourth-order valence-electron chi connectivity index (χ4n) is 1.16. The summed E-state index contributed by atoms with van der Waals surface area (Å²) in [6.07, 6.45) is -0.596. The molecule has 1 aromatic rings. The highest BCUT2D eigenvalue weighted by molar-refractivity contribution is 5.68. The molecule has 102 valence electrons. The Labute approximate surface area is 111 Å². The first kappa shape index (κ1) is 15.0. The number of rotatable bonds is 1. The summed E-state index contributed by atoms with van der Waals surface area (Å²) in [5, 5.41) is 2.41. The Morgan fingerprint density at radius 3 is 2.63 bits per heavy atom. The minimum atomic E-state index is -0.732. The van der Waals surface area contributed by atoms with E-state index in [0.717, 1.165) is 12.1 Å². The van der Waals surface area contributed by atoms with E-state index in [1.54, 1.807) is 20.8 Å². The second kappa shape index (κ2) is 6.19. The van der Waals surface area contributed by atoms with Crippen LogP contribution in [0.4, 0.5) is 13.6 Å². The van der Waals surface area contributed by atoms with Crippen molar-refractivity contribution < 1.29 is 18.3 Å². The van der Waals surface area contributed by atoms with E-state index in [0.29, 0.717) is 0 Å². The lowest BCUT2D eigenvalue weighted by Crippen LogP contribution is -2.32. The minimum absolute atomic E-state index is 0.0196. The van der Waals surface area contributed by atoms with Crippen LogP contribution in [0.25, 0.3) is 0 Å². The SMILES string of the molecule is CC(C)(C)OC(=O)NCC#Cc1ccc(F)cc1F. The first-order valence-corrected chi connectivity index (χ1v) is 5.69. The van der Waals surface area contributed by atoms with Gasteiger partial charge in [0, 0.05) is 6.07 Å². The maximum absolute atomic E-state index is 13.2. The van der Waals surface area contributed by atoms with Gasteiger partial charge in [0.15, 0.2) is 0 Å². The number of alkyl carbamates (subject to hydrolysis) is 1. The van der Waals surface area contributed by atoms with E-state index in [1.165, 1.54) is 6.07 Å². The monoisotopic (exact) mass is 267 g/mol. The third-order valence-electron chi connectivity index (χ3n) is 1.87. The maximum Gasteiger partial charge on any atom is 0.408 e. The standard InChI is InChI=1S/C14H15F2NO2/c1-14(2,3)19-13(18)17-8-4-5-10-6-7-11(15)9-12(10)16/h6-7,9H,8H2,1-3H3,(H,17,18). The van der Waals surface area contributed by atoms with Crippen LogP contribution in [0.15, 0.2) is 18.2 Å². The quantitative estimate of drug-likeness (QED) is 0.795. The highest BCUT2D eigenvalue weighted by atomic mass is 19.1. The van der Waals surface area contributed by atoms with Gasteiger partial charge in [-0.2, -0.15) is 0 Å². The van der Waals surface area contributed by atoms with Gasteiger partial charge in [-0.05, 0) is 32.9 Å². The van der Waals surface area contributed by atoms with Gasteiger partial charge in [0.2, 0.25) is 0 Å². The molecule has 0 unspecified atom stereocenters. The Kier molecular flexibility index (Phi) is 4.87. The Balaban J connectivity index is 2.50. The van der Waals surface area contributed by atoms with Crippen LogP contribution in [-0.4, -0.2) is 18.2 Å². The number of benzene rings is 1. The zero-order chi connectivity index (χ0) is 14.5. The molecule has 0 atom stereocenters. The minimum Gasteiger partial charge on any atom is -0.444 e. The molecular weight excluding hydrogens is 252 g/mol. The van der Waals surface area contributed by atoms with Crippen molar-refractivity contribution in [2.75, 3.05) is 6.54 Å². The molecule has 0 fully saturated rings. The molecular formula is C14H15F2NO2. The first-order valence-electron chi connectivity index (χ1n) is 5.69. The maximum atomic E-state index is 13.2. The molecule has 1 rings (SSSR count). The average molecular weight is 267 g/mol. The van der Waals surface area contributed by atoms with E-state index in [1.807, 2.05) is 0 Å². The summed E-state index contributed by atoms with van der Waals surface area (Å²) in [6, 6.07) is 3.12. The van der Waals surface area contributed by atoms with Crippen LogP contribution >= 0.6 is 0 Å². The number of halogens is 2. The van der Waals surface area contributed by atoms with Crippen molar-refractivity contribution >= 4 is 6.09 Å². The lowest BCUT2D eigenvalue weighted by molar-refractivity contribution is 0.0535. The first-order chi connectivity index (χ1) is 8.78. The lowest BCUT2D eigenvalue weighted by Gasteiger charge is -2.18. The summed E-state index contributed by atoms with van der Waals surface area (Å²) in [4.78, 5) is 11.3. The summed E-state index contributed by atoms with van der Waals surface area (Å²) in [5.41, 5.74) is -0.506. The van der Waals surface area contributed by atoms with E-state index in [4.69, 9.17) is 4.74 Å². The zero-order valence-electron chi connectivity index (χ0n) is 11.0. The number of hydrogen-bond donors (Lipinski definition) is 1. The smallest absolute Gasteiger partial charge is 0.408 e. The second-order valence-electron chi connectivity index (χ2n) is 4.78. The van der Waals surface area contributed by atoms with Gasteiger partial charge >= 0.3 is 6.09 Å². The second-order valence-corrected chi connectivity index (χ2v) is 4.78. The normalized spacial score (nSPS) is 10.4. The molecule has 0 aliphatic rings. The van der Waals surface area contributed by atoms with E-state index < -0.39 is 23.3 Å². The molecule has 19 heavy (non-hydrogen) atoms. The molecule has 0 radical (unpaired) electrons. The van der Waals surface area contributed by atoms with Crippen molar-refractivity contribution in [3.05, 3.63) is 35.4 Å². The van der Waals surface area contributed by atoms with Crippen molar-refractivity contribution in [2.45, 2.75) is 26.4 Å². The number of hydrogen-bond acceptors (Lipinski definition) is 2. The largest absolute Gasteiger partial charge is 0.444 e. The fourth-order valence-corrected chi connectivity index (χ4v) is 1.16. The molecule has 0 aliphatic heterocycles. The molecule has 0 heterocycles. The van der Waals surface area contributed by atoms with Crippen molar-refractivity contribution in [3.8, 4) is 11.8 Å². The molecule has 0 aromatic heterocycles. The van der Waals surface area contributed by atoms with Crippen LogP contribution in [0, 0.1) is 23.5 Å². The van der Waals surface area contributed by atoms with Gasteiger partial charge in [-0.15, -0.1) is 0 Å². The number of nitrogens with one attached hydrogen (secondary N) is 1. The summed E-state index contributed by atoms with van der Waals surface area (Å²) in [5.74, 6) is 3.66. The molecule has 0 spiro atoms. The van der Waals surface area contributed by atoms with Crippen LogP contribution in [-0.2, 0) is 4.74 Å². The van der Waals surface area contributed by atoms with Crippen LogP contribution in [0.3, 0.4) is 0 Å². The Morgan fingerprint density at radius 2 is 2.05 bits per heavy atom. The molecule has 0 aliphatic carbocycles. The molecule has 1 N–H and O–H groups in total. The average Bonchev–Trinajstić information content (AvgIpc) is 2.24. The molecule has 0 saturated carbocycles. The van der Waals surface area contributed by atoms with Crippen molar-refractivity contribution in [3.63, 3.8) is 0 Å². The van der Waals surface area contributed by atoms with Crippen LogP contribution in [0.5, 0.6) is 0 Å². The number of carbonyl (C=O) groups excluding carboxylic acids is 1. The number of amides is 1. The Morgan fingerprint density at radius 1 is 1.37 bits per heavy atom. The van der Waals surface area contributed by atoms with E-state index in [-0.39, 0.29) is 12.1 Å². The van der Waals surface area contributed by atoms with Gasteiger partial charge in [0.05, 0.1) is 12.1 Å². The van der Waals surface area contributed by atoms with Gasteiger partial charge in [-0.25, -0.2) is 13.6 Å². The van der Waals surface area contributed by atoms with E-state index in [2.05, 4.69) is 17.2 Å². The van der Waals surface area contributed by atoms with Crippen LogP contribution < -0.4 is 5.32 Å². The Bertz CT molecular complexity index is 524. The molecule has 5 heteroatoms. The van der Waals surface area contributed by atoms with E-state index in [9.17, 15) is 13.6 Å². The summed E-state index contributed by atoms with van der Waals surface area (Å²) >= 11 is 0. The Hall–Kier alpha value is -2.09. The third kappa shape index (κ3) is 5.87. The lowest BCUT2D eigenvalue weighted by atomic mass is 10.2. The third-order valence-corrected chi connectivity index (χ3v) is 1.87. The molecule has 0 saturated heterocycles. The highest BCUT2D eigenvalue weighted by Crippen LogP contribution is 2.08. The summed E-state index contributed by atoms with van der Waals surface area (Å²) in [7, 11) is 0. The molecule has 1 aromatic carbocycles. The summed E-state index contributed by atoms with van der Waals surface area (Å²) in [6.45, 7) is 5.25. The van der Waals surface area contributed by atoms with Gasteiger partial charge < -0.3 is 10.1 Å². The fraction of sp³-hybridized carbons (Fsp3) is 0.357.